The van der Waals surface area contributed by atoms with Crippen molar-refractivity contribution < 1.29 is 14.2 Å². The van der Waals surface area contributed by atoms with Gasteiger partial charge in [0, 0.05) is 43.5 Å². The lowest BCUT2D eigenvalue weighted by atomic mass is 9.89. The number of fused-ring (bicyclic) bond motifs is 1. The fourth-order valence-electron chi connectivity index (χ4n) is 5.28. The van der Waals surface area contributed by atoms with Gasteiger partial charge in [0.15, 0.2) is 11.5 Å². The monoisotopic (exact) mass is 478 g/mol. The second kappa shape index (κ2) is 10.2. The first-order valence-corrected chi connectivity index (χ1v) is 12.3. The Morgan fingerprint density at radius 1 is 0.824 bits per heavy atom. The van der Waals surface area contributed by atoms with Crippen molar-refractivity contribution in [2.24, 2.45) is 0 Å². The largest absolute Gasteiger partial charge is 0.495 e. The molecular formula is C28H31ClN2O3. The predicted octanol–water partition coefficient (Wildman–Crippen LogP) is 6.57. The number of hydrogen-bond donors (Lipinski definition) is 0. The van der Waals surface area contributed by atoms with E-state index in [4.69, 9.17) is 25.8 Å². The quantitative estimate of drug-likeness (QED) is 0.400. The Morgan fingerprint density at radius 3 is 2.44 bits per heavy atom. The third kappa shape index (κ3) is 4.68. The minimum absolute atomic E-state index is 0.389. The van der Waals surface area contributed by atoms with E-state index in [2.05, 4.69) is 34.1 Å². The average Bonchev–Trinajstić information content (AvgIpc) is 2.89. The zero-order valence-corrected chi connectivity index (χ0v) is 20.5. The lowest BCUT2D eigenvalue weighted by Crippen LogP contribution is -2.55. The van der Waals surface area contributed by atoms with Crippen LogP contribution < -0.4 is 19.1 Å². The Labute approximate surface area is 206 Å². The van der Waals surface area contributed by atoms with Crippen molar-refractivity contribution in [3.8, 4) is 23.0 Å². The Kier molecular flexibility index (Phi) is 6.84. The predicted molar refractivity (Wildman–Crippen MR) is 137 cm³/mol. The Balaban J connectivity index is 1.33. The molecule has 0 bridgehead atoms. The van der Waals surface area contributed by atoms with Gasteiger partial charge in [-0.15, -0.1) is 0 Å². The van der Waals surface area contributed by atoms with Crippen molar-refractivity contribution in [3.63, 3.8) is 0 Å². The maximum Gasteiger partial charge on any atom is 0.169 e. The first-order valence-electron chi connectivity index (χ1n) is 11.9. The topological polar surface area (TPSA) is 34.2 Å². The van der Waals surface area contributed by atoms with Crippen molar-refractivity contribution in [2.45, 2.75) is 31.3 Å². The maximum atomic E-state index is 6.24. The standard InChI is InChI=1S/C28H31ClN2O3/c1-32-27-18-21(12-13-24(27)29)30-15-16-31-22(19-30)7-6-10-25(31)20-11-14-26(28(17-20)33-2)34-23-8-4-3-5-9-23/h3-5,8-9,11-14,17-18,22,25H,6-7,10,15-16,19H2,1-2H3/t22-,25+/m0/s1. The van der Waals surface area contributed by atoms with Gasteiger partial charge in [-0.1, -0.05) is 35.9 Å². The lowest BCUT2D eigenvalue weighted by molar-refractivity contribution is 0.0715. The minimum atomic E-state index is 0.389. The zero-order valence-electron chi connectivity index (χ0n) is 19.7. The van der Waals surface area contributed by atoms with Gasteiger partial charge in [-0.2, -0.15) is 0 Å². The van der Waals surface area contributed by atoms with Gasteiger partial charge >= 0.3 is 0 Å². The first-order chi connectivity index (χ1) is 16.7. The van der Waals surface area contributed by atoms with Gasteiger partial charge in [0.05, 0.1) is 19.2 Å². The summed E-state index contributed by atoms with van der Waals surface area (Å²) in [7, 11) is 3.37. The number of ether oxygens (including phenoxy) is 3. The van der Waals surface area contributed by atoms with Gasteiger partial charge in [-0.3, -0.25) is 4.90 Å². The van der Waals surface area contributed by atoms with E-state index in [1.807, 2.05) is 42.5 Å². The molecule has 3 aromatic carbocycles. The fourth-order valence-corrected chi connectivity index (χ4v) is 5.47. The molecule has 3 aromatic rings. The number of benzene rings is 3. The number of halogens is 1. The summed E-state index contributed by atoms with van der Waals surface area (Å²) in [6.45, 7) is 3.00. The van der Waals surface area contributed by atoms with Gasteiger partial charge in [-0.25, -0.2) is 0 Å². The van der Waals surface area contributed by atoms with Crippen molar-refractivity contribution in [3.05, 3.63) is 77.3 Å². The van der Waals surface area contributed by atoms with E-state index in [1.165, 1.54) is 24.1 Å². The van der Waals surface area contributed by atoms with Crippen LogP contribution in [0, 0.1) is 0 Å². The molecule has 0 N–H and O–H groups in total. The van der Waals surface area contributed by atoms with Crippen molar-refractivity contribution in [1.82, 2.24) is 4.90 Å². The van der Waals surface area contributed by atoms with Crippen LogP contribution in [0.3, 0.4) is 0 Å². The molecule has 0 radical (unpaired) electrons. The highest BCUT2D eigenvalue weighted by Gasteiger charge is 2.36. The highest BCUT2D eigenvalue weighted by molar-refractivity contribution is 6.32. The van der Waals surface area contributed by atoms with Crippen LogP contribution in [-0.2, 0) is 0 Å². The van der Waals surface area contributed by atoms with Crippen LogP contribution >= 0.6 is 11.6 Å². The molecule has 5 nitrogen and oxygen atoms in total. The summed E-state index contributed by atoms with van der Waals surface area (Å²) in [5.41, 5.74) is 2.47. The highest BCUT2D eigenvalue weighted by atomic mass is 35.5. The van der Waals surface area contributed by atoms with E-state index in [9.17, 15) is 0 Å². The Bertz CT molecular complexity index is 1120. The highest BCUT2D eigenvalue weighted by Crippen LogP contribution is 2.41. The van der Waals surface area contributed by atoms with Crippen LogP contribution in [0.1, 0.15) is 30.9 Å². The van der Waals surface area contributed by atoms with Crippen LogP contribution in [0.25, 0.3) is 0 Å². The lowest BCUT2D eigenvalue weighted by Gasteiger charge is -2.49. The van der Waals surface area contributed by atoms with Gasteiger partial charge < -0.3 is 19.1 Å². The molecule has 6 heteroatoms. The van der Waals surface area contributed by atoms with Crippen molar-refractivity contribution in [1.29, 1.82) is 0 Å². The minimum Gasteiger partial charge on any atom is -0.495 e. The Hall–Kier alpha value is -2.89. The fraction of sp³-hybridized carbons (Fsp3) is 0.357. The summed E-state index contributed by atoms with van der Waals surface area (Å²) in [5.74, 6) is 3.05. The molecule has 2 saturated heterocycles. The van der Waals surface area contributed by atoms with E-state index in [0.717, 1.165) is 49.1 Å². The van der Waals surface area contributed by atoms with E-state index < -0.39 is 0 Å². The normalized spacial score (nSPS) is 20.5. The molecule has 0 amide bonds. The van der Waals surface area contributed by atoms with E-state index in [-0.39, 0.29) is 0 Å². The molecule has 2 heterocycles. The van der Waals surface area contributed by atoms with E-state index >= 15 is 0 Å². The average molecular weight is 479 g/mol. The molecule has 2 atom stereocenters. The molecule has 2 fully saturated rings. The third-order valence-electron chi connectivity index (χ3n) is 6.99. The number of anilines is 1. The molecule has 0 spiro atoms. The van der Waals surface area contributed by atoms with E-state index in [1.54, 1.807) is 14.2 Å². The van der Waals surface area contributed by atoms with Crippen molar-refractivity contribution >= 4 is 17.3 Å². The second-order valence-corrected chi connectivity index (χ2v) is 9.34. The summed E-state index contributed by atoms with van der Waals surface area (Å²) in [6.07, 6.45) is 3.59. The van der Waals surface area contributed by atoms with Gasteiger partial charge in [0.2, 0.25) is 0 Å². The number of nitrogens with zero attached hydrogens (tertiary/aromatic N) is 2. The van der Waals surface area contributed by atoms with Gasteiger partial charge in [-0.05, 0) is 61.2 Å². The molecule has 5 rings (SSSR count). The molecule has 0 aliphatic carbocycles. The van der Waals surface area contributed by atoms with Crippen LogP contribution in [-0.4, -0.2) is 44.8 Å². The molecular weight excluding hydrogens is 448 g/mol. The zero-order chi connectivity index (χ0) is 23.5. The van der Waals surface area contributed by atoms with Gasteiger partial charge in [0.25, 0.3) is 0 Å². The van der Waals surface area contributed by atoms with Crippen molar-refractivity contribution in [2.75, 3.05) is 38.8 Å². The first kappa shape index (κ1) is 22.9. The molecule has 0 aromatic heterocycles. The number of piperidine rings is 1. The summed E-state index contributed by atoms with van der Waals surface area (Å²) in [5, 5.41) is 0.649. The smallest absolute Gasteiger partial charge is 0.169 e. The molecule has 0 unspecified atom stereocenters. The van der Waals surface area contributed by atoms with Crippen LogP contribution in [0.2, 0.25) is 5.02 Å². The summed E-state index contributed by atoms with van der Waals surface area (Å²) in [6, 6.07) is 23.2. The van der Waals surface area contributed by atoms with Gasteiger partial charge in [0.1, 0.15) is 11.5 Å². The van der Waals surface area contributed by atoms with Crippen LogP contribution in [0.15, 0.2) is 66.7 Å². The number of hydrogen-bond acceptors (Lipinski definition) is 5. The SMILES string of the molecule is COc1cc(N2CCN3[C@@H](CCC[C@@H]3c3ccc(Oc4ccccc4)c(OC)c3)C2)ccc1Cl. The molecule has 2 aliphatic rings. The second-order valence-electron chi connectivity index (χ2n) is 8.93. The summed E-state index contributed by atoms with van der Waals surface area (Å²) in [4.78, 5) is 5.14. The summed E-state index contributed by atoms with van der Waals surface area (Å²) >= 11 is 6.24. The number of para-hydroxylation sites is 1. The van der Waals surface area contributed by atoms with Crippen LogP contribution in [0.4, 0.5) is 5.69 Å². The van der Waals surface area contributed by atoms with Crippen LogP contribution in [0.5, 0.6) is 23.0 Å². The third-order valence-corrected chi connectivity index (χ3v) is 7.30. The summed E-state index contributed by atoms with van der Waals surface area (Å²) < 4.78 is 17.2. The number of rotatable bonds is 6. The molecule has 2 aliphatic heterocycles. The molecule has 178 valence electrons. The van der Waals surface area contributed by atoms with E-state index in [0.29, 0.717) is 17.1 Å². The number of methoxy groups -OCH3 is 2. The Morgan fingerprint density at radius 2 is 1.65 bits per heavy atom. The number of piperazine rings is 1. The molecule has 0 saturated carbocycles. The maximum absolute atomic E-state index is 6.24. The molecule has 34 heavy (non-hydrogen) atoms.